The minimum atomic E-state index is -0.0683. The number of carbonyl (C=O) groups excluding carboxylic acids is 1. The first-order chi connectivity index (χ1) is 9.04. The summed E-state index contributed by atoms with van der Waals surface area (Å²) < 4.78 is 0. The highest BCUT2D eigenvalue weighted by atomic mass is 16.2. The Labute approximate surface area is 113 Å². The van der Waals surface area contributed by atoms with Gasteiger partial charge in [-0.1, -0.05) is 17.7 Å². The molecule has 1 aromatic carbocycles. The minimum Gasteiger partial charge on any atom is -0.308 e. The fourth-order valence-electron chi connectivity index (χ4n) is 2.59. The molecule has 3 nitrogen and oxygen atoms in total. The molecule has 0 radical (unpaired) electrons. The fraction of sp³-hybridized carbons (Fsp3) is 0.375. The topological polar surface area (TPSA) is 41.5 Å². The van der Waals surface area contributed by atoms with E-state index in [-0.39, 0.29) is 5.91 Å². The lowest BCUT2D eigenvalue weighted by molar-refractivity contribution is -0.115. The van der Waals surface area contributed by atoms with E-state index in [1.54, 1.807) is 0 Å². The predicted molar refractivity (Wildman–Crippen MR) is 76.9 cm³/mol. The van der Waals surface area contributed by atoms with E-state index in [1.165, 1.54) is 16.7 Å². The molecule has 0 atom stereocenters. The number of amidine groups is 1. The molecule has 19 heavy (non-hydrogen) atoms. The van der Waals surface area contributed by atoms with Crippen LogP contribution in [-0.4, -0.2) is 11.7 Å². The molecule has 1 N–H and O–H groups in total. The van der Waals surface area contributed by atoms with Crippen molar-refractivity contribution < 1.29 is 4.79 Å². The molecular formula is C16H18N2O. The predicted octanol–water partition coefficient (Wildman–Crippen LogP) is 2.89. The molecule has 3 heteroatoms. The zero-order valence-electron chi connectivity index (χ0n) is 11.6. The monoisotopic (exact) mass is 254 g/mol. The normalized spacial score (nSPS) is 20.7. The van der Waals surface area contributed by atoms with Crippen LogP contribution in [0.1, 0.15) is 35.1 Å². The average molecular weight is 254 g/mol. The molecule has 1 aliphatic carbocycles. The maximum Gasteiger partial charge on any atom is 0.275 e. The van der Waals surface area contributed by atoms with Crippen LogP contribution in [0.4, 0.5) is 0 Å². The quantitative estimate of drug-likeness (QED) is 0.810. The smallest absolute Gasteiger partial charge is 0.275 e. The second kappa shape index (κ2) is 4.34. The molecule has 1 saturated carbocycles. The molecular weight excluding hydrogens is 236 g/mol. The molecule has 0 saturated heterocycles. The lowest BCUT2D eigenvalue weighted by atomic mass is 9.99. The molecule has 3 rings (SSSR count). The molecule has 1 aliphatic heterocycles. The van der Waals surface area contributed by atoms with Crippen molar-refractivity contribution in [2.45, 2.75) is 33.6 Å². The summed E-state index contributed by atoms with van der Waals surface area (Å²) in [6.07, 6.45) is 4.21. The summed E-state index contributed by atoms with van der Waals surface area (Å²) in [5, 5.41) is 2.88. The zero-order chi connectivity index (χ0) is 13.6. The van der Waals surface area contributed by atoms with Crippen LogP contribution in [0.25, 0.3) is 6.08 Å². The van der Waals surface area contributed by atoms with Gasteiger partial charge in [0.2, 0.25) is 0 Å². The summed E-state index contributed by atoms with van der Waals surface area (Å²) in [7, 11) is 0. The van der Waals surface area contributed by atoms with Crippen molar-refractivity contribution in [1.82, 2.24) is 5.32 Å². The maximum absolute atomic E-state index is 11.9. The number of hydrogen-bond donors (Lipinski definition) is 1. The van der Waals surface area contributed by atoms with Gasteiger partial charge in [-0.15, -0.1) is 0 Å². The van der Waals surface area contributed by atoms with Gasteiger partial charge in [0.05, 0.1) is 0 Å². The molecule has 2 aliphatic rings. The van der Waals surface area contributed by atoms with E-state index in [4.69, 9.17) is 0 Å². The van der Waals surface area contributed by atoms with Crippen molar-refractivity contribution in [3.8, 4) is 0 Å². The van der Waals surface area contributed by atoms with E-state index < -0.39 is 0 Å². The lowest BCUT2D eigenvalue weighted by Gasteiger charge is -2.07. The Balaban J connectivity index is 1.99. The second-order valence-corrected chi connectivity index (χ2v) is 5.57. The maximum atomic E-state index is 11.9. The Bertz CT molecular complexity index is 599. The molecule has 1 heterocycles. The standard InChI is InChI=1S/C16H18N2O/c1-9-6-10(2)13(11(3)7-9)8-14-16(19)18-15(17-14)12-4-5-12/h6-8,12H,4-5H2,1-3H3,(H,17,18,19)/b14-8-. The molecule has 1 amide bonds. The van der Waals surface area contributed by atoms with Gasteiger partial charge in [0.15, 0.2) is 0 Å². The number of aryl methyl sites for hydroxylation is 3. The average Bonchev–Trinajstić information content (AvgIpc) is 3.09. The molecule has 0 spiro atoms. The molecule has 0 unspecified atom stereocenters. The van der Waals surface area contributed by atoms with Crippen molar-refractivity contribution >= 4 is 17.8 Å². The molecule has 98 valence electrons. The summed E-state index contributed by atoms with van der Waals surface area (Å²) in [6.45, 7) is 6.23. The highest BCUT2D eigenvalue weighted by Gasteiger charge is 2.33. The van der Waals surface area contributed by atoms with E-state index in [9.17, 15) is 4.79 Å². The van der Waals surface area contributed by atoms with Crippen LogP contribution < -0.4 is 5.32 Å². The number of rotatable bonds is 2. The van der Waals surface area contributed by atoms with Crippen LogP contribution in [0.15, 0.2) is 22.8 Å². The summed E-state index contributed by atoms with van der Waals surface area (Å²) in [5.74, 6) is 1.27. The van der Waals surface area contributed by atoms with E-state index >= 15 is 0 Å². The summed E-state index contributed by atoms with van der Waals surface area (Å²) in [6, 6.07) is 4.27. The second-order valence-electron chi connectivity index (χ2n) is 5.57. The zero-order valence-corrected chi connectivity index (χ0v) is 11.6. The highest BCUT2D eigenvalue weighted by Crippen LogP contribution is 2.32. The molecule has 0 aromatic heterocycles. The largest absolute Gasteiger partial charge is 0.308 e. The molecule has 1 aromatic rings. The Kier molecular flexibility index (Phi) is 2.77. The Morgan fingerprint density at radius 2 is 1.84 bits per heavy atom. The summed E-state index contributed by atoms with van der Waals surface area (Å²) >= 11 is 0. The first-order valence-electron chi connectivity index (χ1n) is 6.74. The van der Waals surface area contributed by atoms with Gasteiger partial charge in [-0.05, 0) is 56.4 Å². The molecule has 0 bridgehead atoms. The van der Waals surface area contributed by atoms with Crippen molar-refractivity contribution in [2.75, 3.05) is 0 Å². The number of carbonyl (C=O) groups is 1. The van der Waals surface area contributed by atoms with Gasteiger partial charge in [-0.25, -0.2) is 4.99 Å². The van der Waals surface area contributed by atoms with E-state index in [0.29, 0.717) is 11.6 Å². The van der Waals surface area contributed by atoms with E-state index in [0.717, 1.165) is 24.2 Å². The van der Waals surface area contributed by atoms with Gasteiger partial charge in [0, 0.05) is 5.92 Å². The van der Waals surface area contributed by atoms with Crippen LogP contribution >= 0.6 is 0 Å². The van der Waals surface area contributed by atoms with E-state index in [1.807, 2.05) is 6.08 Å². The van der Waals surface area contributed by atoms with Crippen LogP contribution in [0.2, 0.25) is 0 Å². The number of aliphatic imine (C=N–C) groups is 1. The van der Waals surface area contributed by atoms with Crippen LogP contribution in [0, 0.1) is 26.7 Å². The van der Waals surface area contributed by atoms with Crippen molar-refractivity contribution in [2.24, 2.45) is 10.9 Å². The number of hydrogen-bond acceptors (Lipinski definition) is 2. The fourth-order valence-corrected chi connectivity index (χ4v) is 2.59. The third-order valence-corrected chi connectivity index (χ3v) is 3.70. The Morgan fingerprint density at radius 3 is 2.42 bits per heavy atom. The minimum absolute atomic E-state index is 0.0683. The van der Waals surface area contributed by atoms with E-state index in [2.05, 4.69) is 43.2 Å². The van der Waals surface area contributed by atoms with Gasteiger partial charge in [-0.3, -0.25) is 4.79 Å². The van der Waals surface area contributed by atoms with Gasteiger partial charge < -0.3 is 5.32 Å². The van der Waals surface area contributed by atoms with Gasteiger partial charge in [0.1, 0.15) is 11.5 Å². The van der Waals surface area contributed by atoms with Crippen LogP contribution in [-0.2, 0) is 4.79 Å². The van der Waals surface area contributed by atoms with Crippen LogP contribution in [0.3, 0.4) is 0 Å². The number of nitrogens with zero attached hydrogens (tertiary/aromatic N) is 1. The van der Waals surface area contributed by atoms with Gasteiger partial charge >= 0.3 is 0 Å². The highest BCUT2D eigenvalue weighted by molar-refractivity contribution is 6.15. The summed E-state index contributed by atoms with van der Waals surface area (Å²) in [5.41, 5.74) is 5.27. The molecule has 1 fully saturated rings. The van der Waals surface area contributed by atoms with Gasteiger partial charge in [0.25, 0.3) is 5.91 Å². The van der Waals surface area contributed by atoms with Crippen molar-refractivity contribution in [3.05, 3.63) is 40.1 Å². The lowest BCUT2D eigenvalue weighted by Crippen LogP contribution is -2.25. The van der Waals surface area contributed by atoms with Crippen LogP contribution in [0.5, 0.6) is 0 Å². The summed E-state index contributed by atoms with van der Waals surface area (Å²) in [4.78, 5) is 16.4. The number of nitrogens with one attached hydrogen (secondary N) is 1. The van der Waals surface area contributed by atoms with Crippen molar-refractivity contribution in [1.29, 1.82) is 0 Å². The number of amides is 1. The number of benzene rings is 1. The first kappa shape index (κ1) is 12.2. The Morgan fingerprint density at radius 1 is 1.21 bits per heavy atom. The van der Waals surface area contributed by atoms with Crippen molar-refractivity contribution in [3.63, 3.8) is 0 Å². The third-order valence-electron chi connectivity index (χ3n) is 3.70. The Hall–Kier alpha value is -1.90. The van der Waals surface area contributed by atoms with Gasteiger partial charge in [-0.2, -0.15) is 0 Å². The third kappa shape index (κ3) is 2.33. The SMILES string of the molecule is Cc1cc(C)c(/C=C2\N=C(C3CC3)NC2=O)c(C)c1. The first-order valence-corrected chi connectivity index (χ1v) is 6.74.